The maximum Gasteiger partial charge on any atom is 0.326 e. The molecule has 130 heavy (non-hydrogen) atoms. The van der Waals surface area contributed by atoms with Crippen LogP contribution in [0.5, 0.6) is 11.5 Å². The van der Waals surface area contributed by atoms with E-state index in [1.165, 1.54) is 61.1 Å². The van der Waals surface area contributed by atoms with Gasteiger partial charge in [0.05, 0.1) is 64.3 Å². The Morgan fingerprint density at radius 1 is 0.400 bits per heavy atom. The number of hydrogen-bond donors (Lipinski definition) is 31. The van der Waals surface area contributed by atoms with E-state index >= 15 is 0 Å². The number of nitrogens with zero attached hydrogens (tertiary/aromatic N) is 1. The van der Waals surface area contributed by atoms with E-state index in [-0.39, 0.29) is 73.3 Å². The molecule has 3 aromatic rings. The zero-order valence-corrected chi connectivity index (χ0v) is 72.5. The number of hydrogen-bond acceptors (Lipinski definition) is 29. The fourth-order valence-electron chi connectivity index (χ4n) is 12.3. The summed E-state index contributed by atoms with van der Waals surface area (Å²) in [6.07, 6.45) is -4.14. The lowest BCUT2D eigenvalue weighted by atomic mass is 9.99. The highest BCUT2D eigenvalue weighted by atomic mass is 16.4. The number of phenolic OH excluding ortho intramolecular Hbond substituents is 2. The van der Waals surface area contributed by atoms with Crippen molar-refractivity contribution in [3.05, 3.63) is 77.9 Å². The molecule has 0 saturated heterocycles. The summed E-state index contributed by atoms with van der Waals surface area (Å²) in [5.74, 6) is -25.2. The van der Waals surface area contributed by atoms with E-state index in [9.17, 15) is 137 Å². The number of aliphatic hydroxyl groups is 5. The number of nitrogens with two attached hydrogens (primary N) is 4. The molecule has 0 unspecified atom stereocenters. The van der Waals surface area contributed by atoms with Gasteiger partial charge in [-0.15, -0.1) is 0 Å². The molecule has 35 N–H and O–H groups in total. The summed E-state index contributed by atoms with van der Waals surface area (Å²) in [6.45, 7) is 5.37. The fourth-order valence-corrected chi connectivity index (χ4v) is 12.3. The van der Waals surface area contributed by atoms with Gasteiger partial charge < -0.3 is 159 Å². The molecule has 0 bridgehead atoms. The van der Waals surface area contributed by atoms with Crippen molar-refractivity contribution in [1.29, 1.82) is 5.41 Å². The highest BCUT2D eigenvalue weighted by Gasteiger charge is 2.40. The molecule has 17 amide bonds. The number of aromatic hydroxyl groups is 2. The Kier molecular flexibility index (Phi) is 47.3. The molecule has 0 fully saturated rings. The molecule has 16 atom stereocenters. The summed E-state index contributed by atoms with van der Waals surface area (Å²) in [4.78, 5) is 264. The molecule has 2 aromatic carbocycles. The number of carbonyl (C=O) groups is 19. The van der Waals surface area contributed by atoms with Crippen LogP contribution in [-0.2, 0) is 110 Å². The number of aromatic nitrogens is 2. The molecule has 0 radical (unpaired) electrons. The molecule has 3 rings (SSSR count). The largest absolute Gasteiger partial charge is 0.508 e. The van der Waals surface area contributed by atoms with Crippen LogP contribution in [0.3, 0.4) is 0 Å². The average molecular weight is 1840 g/mol. The highest BCUT2D eigenvalue weighted by Crippen LogP contribution is 2.18. The summed E-state index contributed by atoms with van der Waals surface area (Å²) in [5.41, 5.74) is 22.7. The number of carboxylic acids is 2. The Balaban J connectivity index is 1.87. The zero-order chi connectivity index (χ0) is 97.9. The van der Waals surface area contributed by atoms with Crippen molar-refractivity contribution in [3.8, 4) is 11.5 Å². The average Bonchev–Trinajstić information content (AvgIpc) is 0.874. The monoisotopic (exact) mass is 1840 g/mol. The number of aromatic amines is 1. The van der Waals surface area contributed by atoms with Gasteiger partial charge in [-0.05, 0) is 98.6 Å². The lowest BCUT2D eigenvalue weighted by Gasteiger charge is -2.28. The third-order valence-corrected chi connectivity index (χ3v) is 19.1. The second-order valence-electron chi connectivity index (χ2n) is 31.6. The van der Waals surface area contributed by atoms with Crippen molar-refractivity contribution in [2.24, 2.45) is 40.7 Å². The van der Waals surface area contributed by atoms with Gasteiger partial charge in [0.2, 0.25) is 100 Å². The predicted octanol–water partition coefficient (Wildman–Crippen LogP) is -11.5. The molecule has 0 saturated carbocycles. The van der Waals surface area contributed by atoms with Crippen molar-refractivity contribution < 1.29 is 137 Å². The molecule has 0 aliphatic carbocycles. The number of carbonyl (C=O) groups excluding carboxylic acids is 17. The Bertz CT molecular complexity index is 4370. The minimum absolute atomic E-state index is 0.0344. The SMILES string of the molecule is CC(C)C[C@H](NC(=O)[C@H](Cc1ccc(O)cc1)NC(=O)[C@@H](NC(=O)[C@H](Cc1ccc(O)cc1)NC(=O)CNC(=O)[C@H](CC(N)=O)NC(=O)[C@H](CO)NC(=O)[C@H](Cc1cnc[nH]1)NC(=O)[C@H](CC(C)C)NC(=O)[C@H](CC(C)C)NC(=O)[C@H](CO)NC(=O)[C@H](CCC(N)=O)NC(=O)[C@H](CO)NC(=O)[C@H](CO)NC(=O)[C@@H](N)CCCNC(=N)N)[C@@H](C)O)C(=O)N[C@@H](CC(=O)O)C(=O)O. The normalized spacial score (nSPS) is 14.8. The zero-order valence-electron chi connectivity index (χ0n) is 72.5. The summed E-state index contributed by atoms with van der Waals surface area (Å²) in [7, 11) is 0. The van der Waals surface area contributed by atoms with E-state index in [4.69, 9.17) is 28.3 Å². The van der Waals surface area contributed by atoms with Gasteiger partial charge in [0, 0.05) is 44.1 Å². The van der Waals surface area contributed by atoms with Crippen LogP contribution >= 0.6 is 0 Å². The third kappa shape index (κ3) is 40.5. The fraction of sp³-hybridized carbons (Fsp3) is 0.557. The van der Waals surface area contributed by atoms with Crippen LogP contribution in [0.15, 0.2) is 61.1 Å². The van der Waals surface area contributed by atoms with E-state index in [2.05, 4.69) is 95.0 Å². The number of imidazole rings is 1. The smallest absolute Gasteiger partial charge is 0.326 e. The standard InChI is InChI=1S/C79H121N23O28/c1-36(2)21-47(91-67(118)48(22-37(3)4)93-74(125)57(33-105)99-66(117)46(18-19-59(81)110)90-73(124)56(32-104)101-76(127)55(31-103)98-64(115)45(80)9-8-20-86-79(83)84)68(119)94-52(26-42-29-85-35-88-42)71(122)100-58(34-106)75(126)95-53(27-60(82)111)65(116)87-30-61(112)89-50(24-40-10-14-43(108)15-11-40)72(123)102-63(39(7)107)77(128)96-51(25-41-12-16-44(109)17-13-41)70(121)92-49(23-38(5)6)69(120)97-54(78(129)130)28-62(113)114/h10-17,29,35-39,45-58,63,103-109H,8-9,18-28,30-34,80H2,1-7H3,(H2,81,110)(H2,82,111)(H,85,88)(H,87,116)(H,89,112)(H,90,124)(H,91,118)(H,92,121)(H,93,125)(H,94,119)(H,95,126)(H,96,128)(H,97,120)(H,98,115)(H,99,117)(H,100,122)(H,101,127)(H,102,123)(H,113,114)(H,129,130)(H4,83,84,86)/t39-,45+,46+,47+,48+,49+,50+,51+,52+,53+,54+,55+,56+,57+,58+,63+/m1/s1. The number of aliphatic hydroxyl groups excluding tert-OH is 5. The van der Waals surface area contributed by atoms with E-state index in [0.717, 1.165) is 6.92 Å². The van der Waals surface area contributed by atoms with Crippen LogP contribution < -0.4 is 108 Å². The van der Waals surface area contributed by atoms with Crippen molar-refractivity contribution in [2.75, 3.05) is 39.5 Å². The topological polar surface area (TPSA) is 855 Å². The van der Waals surface area contributed by atoms with Gasteiger partial charge in [0.1, 0.15) is 96.1 Å². The second kappa shape index (κ2) is 55.7. The molecule has 0 spiro atoms. The quantitative estimate of drug-likeness (QED) is 0.0142. The minimum atomic E-state index is -2.04. The first kappa shape index (κ1) is 110. The summed E-state index contributed by atoms with van der Waals surface area (Å²) >= 11 is 0. The molecule has 0 aliphatic rings. The first-order valence-electron chi connectivity index (χ1n) is 41.1. The number of rotatable bonds is 59. The lowest BCUT2D eigenvalue weighted by molar-refractivity contribution is -0.147. The Labute approximate surface area is 744 Å². The minimum Gasteiger partial charge on any atom is -0.508 e. The number of amides is 17. The summed E-state index contributed by atoms with van der Waals surface area (Å²) < 4.78 is 0. The Morgan fingerprint density at radius 3 is 1.13 bits per heavy atom. The van der Waals surface area contributed by atoms with Crippen molar-refractivity contribution >= 4 is 118 Å². The number of nitrogens with one attached hydrogen (secondary N) is 18. The maximum absolute atomic E-state index is 14.5. The van der Waals surface area contributed by atoms with Gasteiger partial charge in [-0.25, -0.2) is 9.78 Å². The van der Waals surface area contributed by atoms with Gasteiger partial charge in [-0.2, -0.15) is 0 Å². The highest BCUT2D eigenvalue weighted by molar-refractivity contribution is 6.02. The van der Waals surface area contributed by atoms with E-state index in [0.29, 0.717) is 5.56 Å². The van der Waals surface area contributed by atoms with Crippen LogP contribution in [0, 0.1) is 23.2 Å². The van der Waals surface area contributed by atoms with Crippen LogP contribution in [0.25, 0.3) is 0 Å². The van der Waals surface area contributed by atoms with Crippen molar-refractivity contribution in [3.63, 3.8) is 0 Å². The Morgan fingerprint density at radius 2 is 0.754 bits per heavy atom. The van der Waals surface area contributed by atoms with Gasteiger partial charge in [-0.3, -0.25) is 91.7 Å². The predicted molar refractivity (Wildman–Crippen MR) is 454 cm³/mol. The number of H-pyrrole nitrogens is 1. The van der Waals surface area contributed by atoms with E-state index < -0.39 is 299 Å². The first-order chi connectivity index (χ1) is 61.1. The molecule has 51 nitrogen and oxygen atoms in total. The number of primary amides is 2. The van der Waals surface area contributed by atoms with Crippen LogP contribution in [-0.4, -0.2) is 310 Å². The lowest BCUT2D eigenvalue weighted by Crippen LogP contribution is -2.62. The van der Waals surface area contributed by atoms with E-state index in [1.54, 1.807) is 41.5 Å². The molecule has 51 heteroatoms. The van der Waals surface area contributed by atoms with Gasteiger partial charge >= 0.3 is 11.9 Å². The second-order valence-corrected chi connectivity index (χ2v) is 31.6. The molecule has 720 valence electrons. The molecule has 1 aromatic heterocycles. The van der Waals surface area contributed by atoms with Gasteiger partial charge in [0.15, 0.2) is 5.96 Å². The van der Waals surface area contributed by atoms with Crippen LogP contribution in [0.1, 0.15) is 123 Å². The van der Waals surface area contributed by atoms with Crippen LogP contribution in [0.2, 0.25) is 0 Å². The molecule has 0 aliphatic heterocycles. The third-order valence-electron chi connectivity index (χ3n) is 19.1. The molecular weight excluding hydrogens is 1720 g/mol. The number of carboxylic acid groups (broad SMARTS) is 2. The first-order valence-corrected chi connectivity index (χ1v) is 41.1. The summed E-state index contributed by atoms with van der Waals surface area (Å²) in [5, 5.41) is 135. The van der Waals surface area contributed by atoms with Crippen molar-refractivity contribution in [1.82, 2.24) is 95.0 Å². The Hall–Kier alpha value is -13.8. The van der Waals surface area contributed by atoms with Crippen molar-refractivity contribution in [2.45, 2.75) is 222 Å². The molecular formula is C79H121N23O28. The number of aliphatic carboxylic acids is 2. The summed E-state index contributed by atoms with van der Waals surface area (Å²) in [6, 6.07) is -16.2. The van der Waals surface area contributed by atoms with Gasteiger partial charge in [-0.1, -0.05) is 65.8 Å². The van der Waals surface area contributed by atoms with Crippen LogP contribution in [0.4, 0.5) is 0 Å². The number of guanidine groups is 1. The maximum atomic E-state index is 14.5. The number of phenols is 2. The number of benzene rings is 2. The van der Waals surface area contributed by atoms with Gasteiger partial charge in [0.25, 0.3) is 0 Å². The van der Waals surface area contributed by atoms with E-state index in [1.807, 2.05) is 0 Å². The molecule has 1 heterocycles.